The molecule has 0 unspecified atom stereocenters. The fourth-order valence-corrected chi connectivity index (χ4v) is 10.0. The number of rotatable bonds is 4. The van der Waals surface area contributed by atoms with Crippen LogP contribution in [0, 0.1) is 34.5 Å². The number of hydrogen-bond donors (Lipinski definition) is 3. The maximum Gasteiger partial charge on any atom is 0.331 e. The van der Waals surface area contributed by atoms with E-state index in [0.717, 1.165) is 63.4 Å². The van der Waals surface area contributed by atoms with E-state index in [2.05, 4.69) is 13.8 Å². The Labute approximate surface area is 226 Å². The van der Waals surface area contributed by atoms with E-state index in [1.165, 1.54) is 7.11 Å². The summed E-state index contributed by atoms with van der Waals surface area (Å²) in [6.07, 6.45) is 6.50. The smallest absolute Gasteiger partial charge is 0.331 e. The Kier molecular flexibility index (Phi) is 6.80. The zero-order valence-corrected chi connectivity index (χ0v) is 23.3. The Hall–Kier alpha value is -1.03. The van der Waals surface area contributed by atoms with Gasteiger partial charge in [0.15, 0.2) is 6.29 Å². The van der Waals surface area contributed by atoms with Gasteiger partial charge in [-0.05, 0) is 99.4 Å². The maximum absolute atomic E-state index is 12.4. The molecule has 0 aromatic heterocycles. The Morgan fingerprint density at radius 1 is 1.00 bits per heavy atom. The summed E-state index contributed by atoms with van der Waals surface area (Å²) in [5.41, 5.74) is 0.312. The van der Waals surface area contributed by atoms with Crippen molar-refractivity contribution in [1.29, 1.82) is 0 Å². The first kappa shape index (κ1) is 27.2. The van der Waals surface area contributed by atoms with Crippen molar-refractivity contribution in [1.82, 2.24) is 0 Å². The molecule has 8 nitrogen and oxygen atoms in total. The zero-order valence-electron chi connectivity index (χ0n) is 23.3. The lowest BCUT2D eigenvalue weighted by Crippen LogP contribution is -2.62. The molecule has 8 heteroatoms. The lowest BCUT2D eigenvalue weighted by atomic mass is 9.43. The standard InChI is InChI=1S/C30H46O8/c1-16-24(32)25(33)26(35-4)27(37-16)38-19-7-10-28(2)18(14-19)5-6-22-21(28)8-11-29(3)20(9-12-30(22,29)34)17-13-23(31)36-15-17/h13,16,18-22,24-27,32-34H,5-12,14-15H2,1-4H3/t16-,18-,19+,20-,21+,22-,24-,25+,26-,27+,28+,29-,30+/m1/s1. The van der Waals surface area contributed by atoms with Crippen LogP contribution in [0.1, 0.15) is 78.6 Å². The molecule has 4 saturated carbocycles. The predicted molar refractivity (Wildman–Crippen MR) is 138 cm³/mol. The molecule has 0 aromatic carbocycles. The summed E-state index contributed by atoms with van der Waals surface area (Å²) in [6, 6.07) is 0. The van der Waals surface area contributed by atoms with E-state index in [9.17, 15) is 20.1 Å². The molecule has 6 rings (SSSR count). The molecular weight excluding hydrogens is 488 g/mol. The molecule has 13 atom stereocenters. The minimum Gasteiger partial charge on any atom is -0.458 e. The highest BCUT2D eigenvalue weighted by molar-refractivity contribution is 5.85. The fourth-order valence-electron chi connectivity index (χ4n) is 10.0. The first-order valence-electron chi connectivity index (χ1n) is 14.8. The molecular formula is C30H46O8. The van der Waals surface area contributed by atoms with Gasteiger partial charge in [0.1, 0.15) is 24.9 Å². The van der Waals surface area contributed by atoms with Gasteiger partial charge in [-0.1, -0.05) is 13.8 Å². The highest BCUT2D eigenvalue weighted by Crippen LogP contribution is 2.70. The molecule has 6 aliphatic rings. The summed E-state index contributed by atoms with van der Waals surface area (Å²) >= 11 is 0. The van der Waals surface area contributed by atoms with Gasteiger partial charge in [-0.25, -0.2) is 4.79 Å². The van der Waals surface area contributed by atoms with Crippen molar-refractivity contribution in [3.8, 4) is 0 Å². The van der Waals surface area contributed by atoms with E-state index in [1.807, 2.05) is 0 Å². The third-order valence-corrected chi connectivity index (χ3v) is 12.3. The summed E-state index contributed by atoms with van der Waals surface area (Å²) in [4.78, 5) is 11.8. The molecule has 1 saturated heterocycles. The lowest BCUT2D eigenvalue weighted by molar-refractivity contribution is -0.314. The molecule has 214 valence electrons. The van der Waals surface area contributed by atoms with Crippen LogP contribution in [-0.2, 0) is 23.7 Å². The van der Waals surface area contributed by atoms with Crippen molar-refractivity contribution in [2.75, 3.05) is 13.7 Å². The predicted octanol–water partition coefficient (Wildman–Crippen LogP) is 3.11. The van der Waals surface area contributed by atoms with E-state index in [0.29, 0.717) is 18.4 Å². The minimum atomic E-state index is -1.05. The quantitative estimate of drug-likeness (QED) is 0.372. The first-order valence-corrected chi connectivity index (χ1v) is 14.8. The van der Waals surface area contributed by atoms with Crippen LogP contribution in [0.2, 0.25) is 0 Å². The molecule has 0 radical (unpaired) electrons. The number of aliphatic hydroxyl groups is 3. The summed E-state index contributed by atoms with van der Waals surface area (Å²) < 4.78 is 23.1. The maximum atomic E-state index is 12.4. The second-order valence-electron chi connectivity index (χ2n) is 13.7. The Morgan fingerprint density at radius 3 is 2.50 bits per heavy atom. The molecule has 2 heterocycles. The summed E-state index contributed by atoms with van der Waals surface area (Å²) in [7, 11) is 1.51. The third-order valence-electron chi connectivity index (χ3n) is 12.3. The van der Waals surface area contributed by atoms with E-state index in [-0.39, 0.29) is 34.7 Å². The molecule has 3 N–H and O–H groups in total. The van der Waals surface area contributed by atoms with E-state index >= 15 is 0 Å². The molecule has 2 aliphatic heterocycles. The van der Waals surface area contributed by atoms with Gasteiger partial charge in [0.2, 0.25) is 0 Å². The van der Waals surface area contributed by atoms with Crippen LogP contribution < -0.4 is 0 Å². The van der Waals surface area contributed by atoms with Gasteiger partial charge in [0.25, 0.3) is 0 Å². The summed E-state index contributed by atoms with van der Waals surface area (Å²) in [6.45, 7) is 6.85. The number of cyclic esters (lactones) is 1. The molecule has 0 amide bonds. The number of hydrogen-bond acceptors (Lipinski definition) is 8. The molecule has 0 bridgehead atoms. The van der Waals surface area contributed by atoms with Crippen LogP contribution in [0.15, 0.2) is 11.6 Å². The van der Waals surface area contributed by atoms with Crippen LogP contribution in [0.5, 0.6) is 0 Å². The van der Waals surface area contributed by atoms with Crippen LogP contribution in [-0.4, -0.2) is 77.4 Å². The SMILES string of the molecule is CO[C@H]1[C@H](O[C@H]2CC[C@@]3(C)[C@H](CC[C@@H]4[C@@H]3CC[C@]3(C)[C@@H](C5=CC(=O)OC5)CC[C@]43O)C2)O[C@H](C)[C@@H](O)[C@@H]1O. The average molecular weight is 535 g/mol. The fraction of sp³-hybridized carbons (Fsp3) is 0.900. The van der Waals surface area contributed by atoms with Gasteiger partial charge in [-0.3, -0.25) is 0 Å². The molecule has 38 heavy (non-hydrogen) atoms. The molecule has 4 aliphatic carbocycles. The van der Waals surface area contributed by atoms with E-state index < -0.39 is 36.3 Å². The highest BCUT2D eigenvalue weighted by atomic mass is 16.7. The van der Waals surface area contributed by atoms with Crippen LogP contribution in [0.4, 0.5) is 0 Å². The second kappa shape index (κ2) is 9.52. The Bertz CT molecular complexity index is 968. The van der Waals surface area contributed by atoms with Crippen LogP contribution in [0.3, 0.4) is 0 Å². The van der Waals surface area contributed by atoms with Gasteiger partial charge in [0, 0.05) is 18.6 Å². The number of esters is 1. The van der Waals surface area contributed by atoms with Gasteiger partial charge < -0.3 is 34.3 Å². The number of fused-ring (bicyclic) bond motifs is 5. The Morgan fingerprint density at radius 2 is 1.79 bits per heavy atom. The molecule has 0 aromatic rings. The van der Waals surface area contributed by atoms with Crippen molar-refractivity contribution < 1.29 is 39.1 Å². The number of aliphatic hydroxyl groups excluding tert-OH is 2. The first-order chi connectivity index (χ1) is 18.0. The van der Waals surface area contributed by atoms with E-state index in [4.69, 9.17) is 18.9 Å². The highest BCUT2D eigenvalue weighted by Gasteiger charge is 2.67. The zero-order chi connectivity index (χ0) is 27.0. The minimum absolute atomic E-state index is 0.0153. The van der Waals surface area contributed by atoms with Crippen molar-refractivity contribution in [2.24, 2.45) is 34.5 Å². The monoisotopic (exact) mass is 534 g/mol. The van der Waals surface area contributed by atoms with E-state index in [1.54, 1.807) is 13.0 Å². The number of carbonyl (C=O) groups excluding carboxylic acids is 1. The van der Waals surface area contributed by atoms with Crippen molar-refractivity contribution in [3.63, 3.8) is 0 Å². The average Bonchev–Trinajstić information content (AvgIpc) is 3.43. The van der Waals surface area contributed by atoms with Gasteiger partial charge in [-0.2, -0.15) is 0 Å². The third kappa shape index (κ3) is 3.88. The van der Waals surface area contributed by atoms with Gasteiger partial charge in [-0.15, -0.1) is 0 Å². The summed E-state index contributed by atoms with van der Waals surface area (Å²) in [5, 5.41) is 33.1. The molecule has 0 spiro atoms. The Balaban J connectivity index is 1.16. The normalized spacial score (nSPS) is 54.5. The number of carbonyl (C=O) groups is 1. The summed E-state index contributed by atoms with van der Waals surface area (Å²) in [5.74, 6) is 1.24. The number of methoxy groups -OCH3 is 1. The van der Waals surface area contributed by atoms with Crippen molar-refractivity contribution in [2.45, 2.75) is 121 Å². The second-order valence-corrected chi connectivity index (χ2v) is 13.7. The molecule has 5 fully saturated rings. The van der Waals surface area contributed by atoms with Crippen molar-refractivity contribution in [3.05, 3.63) is 11.6 Å². The van der Waals surface area contributed by atoms with Gasteiger partial charge >= 0.3 is 5.97 Å². The van der Waals surface area contributed by atoms with Crippen molar-refractivity contribution >= 4 is 5.97 Å². The number of ether oxygens (including phenoxy) is 4. The largest absolute Gasteiger partial charge is 0.458 e. The van der Waals surface area contributed by atoms with Crippen LogP contribution >= 0.6 is 0 Å². The lowest BCUT2D eigenvalue weighted by Gasteiger charge is -2.64. The van der Waals surface area contributed by atoms with Gasteiger partial charge in [0.05, 0.1) is 17.8 Å². The topological polar surface area (TPSA) is 115 Å². The van der Waals surface area contributed by atoms with Crippen LogP contribution in [0.25, 0.3) is 0 Å².